The van der Waals surface area contributed by atoms with Crippen molar-refractivity contribution < 1.29 is 14.4 Å². The summed E-state index contributed by atoms with van der Waals surface area (Å²) in [4.78, 5) is 34.3. The number of benzene rings is 1. The van der Waals surface area contributed by atoms with E-state index >= 15 is 0 Å². The summed E-state index contributed by atoms with van der Waals surface area (Å²) >= 11 is 1.02. The van der Waals surface area contributed by atoms with Gasteiger partial charge in [0.05, 0.1) is 12.6 Å². The second kappa shape index (κ2) is 8.47. The van der Waals surface area contributed by atoms with E-state index in [1.807, 2.05) is 6.07 Å². The van der Waals surface area contributed by atoms with Gasteiger partial charge in [0.1, 0.15) is 11.5 Å². The van der Waals surface area contributed by atoms with Gasteiger partial charge in [0.15, 0.2) is 5.78 Å². The van der Waals surface area contributed by atoms with Gasteiger partial charge in [0.25, 0.3) is 0 Å². The number of carbonyl (C=O) groups excluding carboxylic acids is 3. The van der Waals surface area contributed by atoms with Gasteiger partial charge in [-0.15, -0.1) is 11.8 Å². The summed E-state index contributed by atoms with van der Waals surface area (Å²) in [6, 6.07) is 8.07. The SMILES string of the molecule is NCC(=O)C(SC[C@H](N)C=O)C(=O)Nc1ccccc1. The zero-order chi connectivity index (χ0) is 15.0. The number of rotatable bonds is 8. The zero-order valence-corrected chi connectivity index (χ0v) is 11.6. The average molecular weight is 295 g/mol. The molecule has 1 aromatic carbocycles. The smallest absolute Gasteiger partial charge is 0.245 e. The summed E-state index contributed by atoms with van der Waals surface area (Å²) in [6.45, 7) is -0.240. The Morgan fingerprint density at radius 1 is 1.30 bits per heavy atom. The molecule has 0 heterocycles. The molecule has 1 rings (SSSR count). The summed E-state index contributed by atoms with van der Waals surface area (Å²) in [7, 11) is 0. The fourth-order valence-corrected chi connectivity index (χ4v) is 2.38. The predicted molar refractivity (Wildman–Crippen MR) is 79.4 cm³/mol. The predicted octanol–water partition coefficient (Wildman–Crippen LogP) is -0.219. The molecule has 0 bridgehead atoms. The topological polar surface area (TPSA) is 115 Å². The van der Waals surface area contributed by atoms with Crippen LogP contribution in [0.2, 0.25) is 0 Å². The number of para-hydroxylation sites is 1. The summed E-state index contributed by atoms with van der Waals surface area (Å²) in [5, 5.41) is 1.67. The van der Waals surface area contributed by atoms with Crippen LogP contribution in [0.1, 0.15) is 0 Å². The monoisotopic (exact) mass is 295 g/mol. The van der Waals surface area contributed by atoms with Crippen LogP contribution in [0.4, 0.5) is 5.69 Å². The van der Waals surface area contributed by atoms with E-state index < -0.39 is 23.0 Å². The third kappa shape index (κ3) is 5.12. The Kier molecular flexibility index (Phi) is 6.92. The molecule has 0 aliphatic rings. The van der Waals surface area contributed by atoms with Crippen LogP contribution < -0.4 is 16.8 Å². The maximum Gasteiger partial charge on any atom is 0.245 e. The van der Waals surface area contributed by atoms with Gasteiger partial charge in [0, 0.05) is 11.4 Å². The Hall–Kier alpha value is -1.70. The molecule has 1 aromatic rings. The van der Waals surface area contributed by atoms with Crippen LogP contribution in [0.3, 0.4) is 0 Å². The summed E-state index contributed by atoms with van der Waals surface area (Å²) in [6.07, 6.45) is 0.575. The minimum atomic E-state index is -0.966. The third-order valence-electron chi connectivity index (χ3n) is 2.40. The molecular weight excluding hydrogens is 278 g/mol. The van der Waals surface area contributed by atoms with Crippen LogP contribution in [-0.4, -0.2) is 41.6 Å². The number of nitrogens with two attached hydrogens (primary N) is 2. The largest absolute Gasteiger partial charge is 0.325 e. The molecule has 0 aliphatic heterocycles. The summed E-state index contributed by atoms with van der Waals surface area (Å²) in [5.41, 5.74) is 11.3. The summed E-state index contributed by atoms with van der Waals surface area (Å²) in [5.74, 6) is -0.682. The molecule has 5 N–H and O–H groups in total. The van der Waals surface area contributed by atoms with Crippen molar-refractivity contribution in [3.8, 4) is 0 Å². The Labute approximate surface area is 121 Å². The molecule has 1 unspecified atom stereocenters. The first-order valence-electron chi connectivity index (χ1n) is 5.99. The molecule has 2 atom stereocenters. The lowest BCUT2D eigenvalue weighted by Gasteiger charge is -2.15. The van der Waals surface area contributed by atoms with Crippen molar-refractivity contribution in [1.82, 2.24) is 0 Å². The first-order valence-corrected chi connectivity index (χ1v) is 7.04. The normalized spacial score (nSPS) is 13.3. The molecule has 20 heavy (non-hydrogen) atoms. The van der Waals surface area contributed by atoms with Crippen LogP contribution in [0, 0.1) is 0 Å². The Balaban J connectivity index is 2.69. The molecule has 1 amide bonds. The number of thioether (sulfide) groups is 1. The first kappa shape index (κ1) is 16.4. The van der Waals surface area contributed by atoms with E-state index in [9.17, 15) is 14.4 Å². The second-order valence-electron chi connectivity index (χ2n) is 4.04. The lowest BCUT2D eigenvalue weighted by atomic mass is 10.2. The number of ketones is 1. The second-order valence-corrected chi connectivity index (χ2v) is 5.18. The lowest BCUT2D eigenvalue weighted by Crippen LogP contribution is -2.38. The highest BCUT2D eigenvalue weighted by atomic mass is 32.2. The standard InChI is InChI=1S/C13H17N3O3S/c14-6-11(18)12(20-8-9(15)7-17)13(19)16-10-4-2-1-3-5-10/h1-5,7,9,12H,6,8,14-15H2,(H,16,19)/t9-,12?/m1/s1. The molecule has 0 saturated carbocycles. The van der Waals surface area contributed by atoms with Crippen molar-refractivity contribution in [2.45, 2.75) is 11.3 Å². The number of nitrogens with one attached hydrogen (secondary N) is 1. The van der Waals surface area contributed by atoms with E-state index in [0.717, 1.165) is 11.8 Å². The molecule has 0 spiro atoms. The first-order chi connectivity index (χ1) is 9.58. The minimum absolute atomic E-state index is 0.183. The maximum atomic E-state index is 12.1. The van der Waals surface area contributed by atoms with Crippen molar-refractivity contribution in [2.24, 2.45) is 11.5 Å². The third-order valence-corrected chi connectivity index (χ3v) is 3.79. The van der Waals surface area contributed by atoms with Crippen molar-refractivity contribution >= 4 is 35.4 Å². The van der Waals surface area contributed by atoms with Gasteiger partial charge in [-0.1, -0.05) is 18.2 Å². The molecule has 0 aliphatic carbocycles. The molecular formula is C13H17N3O3S. The van der Waals surface area contributed by atoms with E-state index in [1.165, 1.54) is 0 Å². The van der Waals surface area contributed by atoms with Crippen LogP contribution in [0.5, 0.6) is 0 Å². The molecule has 108 valence electrons. The van der Waals surface area contributed by atoms with Crippen LogP contribution in [-0.2, 0) is 14.4 Å². The number of hydrogen-bond acceptors (Lipinski definition) is 6. The Morgan fingerprint density at radius 3 is 2.50 bits per heavy atom. The van der Waals surface area contributed by atoms with Crippen LogP contribution in [0.15, 0.2) is 30.3 Å². The fraction of sp³-hybridized carbons (Fsp3) is 0.308. The Bertz CT molecular complexity index is 467. The van der Waals surface area contributed by atoms with E-state index in [4.69, 9.17) is 11.5 Å². The zero-order valence-electron chi connectivity index (χ0n) is 10.8. The van der Waals surface area contributed by atoms with E-state index in [2.05, 4.69) is 5.32 Å². The summed E-state index contributed by atoms with van der Waals surface area (Å²) < 4.78 is 0. The minimum Gasteiger partial charge on any atom is -0.325 e. The molecule has 0 aromatic heterocycles. The van der Waals surface area contributed by atoms with Crippen LogP contribution >= 0.6 is 11.8 Å². The highest BCUT2D eigenvalue weighted by Gasteiger charge is 2.26. The number of anilines is 1. The number of hydrogen-bond donors (Lipinski definition) is 3. The molecule has 6 nitrogen and oxygen atoms in total. The average Bonchev–Trinajstić information content (AvgIpc) is 2.47. The van der Waals surface area contributed by atoms with Gasteiger partial charge in [0.2, 0.25) is 5.91 Å². The highest BCUT2D eigenvalue weighted by molar-refractivity contribution is 8.01. The van der Waals surface area contributed by atoms with Gasteiger partial charge in [-0.05, 0) is 12.1 Å². The van der Waals surface area contributed by atoms with Crippen molar-refractivity contribution in [2.75, 3.05) is 17.6 Å². The lowest BCUT2D eigenvalue weighted by molar-refractivity contribution is -0.124. The Morgan fingerprint density at radius 2 is 1.95 bits per heavy atom. The molecule has 0 fully saturated rings. The van der Waals surface area contributed by atoms with Crippen LogP contribution in [0.25, 0.3) is 0 Å². The van der Waals surface area contributed by atoms with Gasteiger partial charge < -0.3 is 21.6 Å². The quantitative estimate of drug-likeness (QED) is 0.451. The fourth-order valence-electron chi connectivity index (χ4n) is 1.40. The van der Waals surface area contributed by atoms with Gasteiger partial charge >= 0.3 is 0 Å². The van der Waals surface area contributed by atoms with E-state index in [0.29, 0.717) is 12.0 Å². The number of carbonyl (C=O) groups is 3. The van der Waals surface area contributed by atoms with E-state index in [-0.39, 0.29) is 12.3 Å². The van der Waals surface area contributed by atoms with Crippen molar-refractivity contribution in [3.05, 3.63) is 30.3 Å². The van der Waals surface area contributed by atoms with Gasteiger partial charge in [-0.25, -0.2) is 0 Å². The number of Topliss-reactive ketones (excluding diaryl/α,β-unsaturated/α-hetero) is 1. The van der Waals surface area contributed by atoms with Crippen molar-refractivity contribution in [3.63, 3.8) is 0 Å². The molecule has 7 heteroatoms. The van der Waals surface area contributed by atoms with Gasteiger partial charge in [-0.3, -0.25) is 9.59 Å². The highest BCUT2D eigenvalue weighted by Crippen LogP contribution is 2.16. The maximum absolute atomic E-state index is 12.1. The number of amides is 1. The van der Waals surface area contributed by atoms with Gasteiger partial charge in [-0.2, -0.15) is 0 Å². The van der Waals surface area contributed by atoms with E-state index in [1.54, 1.807) is 24.3 Å². The van der Waals surface area contributed by atoms with Crippen molar-refractivity contribution in [1.29, 1.82) is 0 Å². The molecule has 0 radical (unpaired) electrons. The molecule has 0 saturated heterocycles. The number of aldehydes is 1.